The summed E-state index contributed by atoms with van der Waals surface area (Å²) in [5.74, 6) is 0.303. The van der Waals surface area contributed by atoms with E-state index < -0.39 is 0 Å². The first-order valence-electron chi connectivity index (χ1n) is 7.89. The lowest BCUT2D eigenvalue weighted by molar-refractivity contribution is -0.123. The number of rotatable bonds is 7. The third-order valence-electron chi connectivity index (χ3n) is 3.70. The number of para-hydroxylation sites is 1. The fourth-order valence-electron chi connectivity index (χ4n) is 2.41. The molecule has 3 aromatic rings. The van der Waals surface area contributed by atoms with E-state index in [2.05, 4.69) is 10.3 Å². The van der Waals surface area contributed by atoms with Crippen molar-refractivity contribution < 1.29 is 9.53 Å². The molecule has 0 bridgehead atoms. The number of amides is 1. The molecule has 5 nitrogen and oxygen atoms in total. The van der Waals surface area contributed by atoms with Crippen molar-refractivity contribution in [2.75, 3.05) is 6.61 Å². The van der Waals surface area contributed by atoms with Gasteiger partial charge in [-0.05, 0) is 23.3 Å². The number of carbonyl (C=O) groups excluding carboxylic acids is 1. The summed E-state index contributed by atoms with van der Waals surface area (Å²) in [6.07, 6.45) is 5.43. The number of nitrogens with zero attached hydrogens (tertiary/aromatic N) is 2. The molecule has 3 rings (SSSR count). The minimum Gasteiger partial charge on any atom is -0.482 e. The van der Waals surface area contributed by atoms with E-state index in [-0.39, 0.29) is 12.5 Å². The molecule has 0 unspecified atom stereocenters. The maximum atomic E-state index is 12.0. The van der Waals surface area contributed by atoms with Crippen LogP contribution < -0.4 is 10.1 Å². The van der Waals surface area contributed by atoms with Gasteiger partial charge in [0.1, 0.15) is 5.75 Å². The second kappa shape index (κ2) is 8.35. The molecule has 6 heteroatoms. The summed E-state index contributed by atoms with van der Waals surface area (Å²) in [5.41, 5.74) is 2.19. The number of halogens is 1. The molecule has 1 aromatic heterocycles. The summed E-state index contributed by atoms with van der Waals surface area (Å²) < 4.78 is 7.43. The van der Waals surface area contributed by atoms with Crippen molar-refractivity contribution in [2.24, 2.45) is 0 Å². The van der Waals surface area contributed by atoms with Gasteiger partial charge in [0, 0.05) is 25.5 Å². The van der Waals surface area contributed by atoms with Gasteiger partial charge in [0.2, 0.25) is 0 Å². The second-order valence-electron chi connectivity index (χ2n) is 5.50. The van der Waals surface area contributed by atoms with Gasteiger partial charge in [0.05, 0.1) is 11.3 Å². The highest BCUT2D eigenvalue weighted by Gasteiger charge is 2.07. The molecule has 128 valence electrons. The predicted octanol–water partition coefficient (Wildman–Crippen LogP) is 3.28. The van der Waals surface area contributed by atoms with E-state index in [0.717, 1.165) is 11.1 Å². The topological polar surface area (TPSA) is 56.1 Å². The van der Waals surface area contributed by atoms with E-state index in [4.69, 9.17) is 16.3 Å². The van der Waals surface area contributed by atoms with Crippen molar-refractivity contribution in [3.63, 3.8) is 0 Å². The number of benzene rings is 2. The lowest BCUT2D eigenvalue weighted by Gasteiger charge is -2.12. The Hall–Kier alpha value is -2.79. The average molecular weight is 356 g/mol. The summed E-state index contributed by atoms with van der Waals surface area (Å²) >= 11 is 6.00. The lowest BCUT2D eigenvalue weighted by atomic mass is 10.1. The SMILES string of the molecule is O=C(COc1ccccc1Cl)NCc1ccccc1Cn1ccnc1. The lowest BCUT2D eigenvalue weighted by Crippen LogP contribution is -2.28. The van der Waals surface area contributed by atoms with Crippen molar-refractivity contribution in [1.29, 1.82) is 0 Å². The van der Waals surface area contributed by atoms with Crippen molar-refractivity contribution in [2.45, 2.75) is 13.1 Å². The number of aromatic nitrogens is 2. The molecule has 0 aliphatic carbocycles. The molecule has 1 amide bonds. The fraction of sp³-hybridized carbons (Fsp3) is 0.158. The largest absolute Gasteiger partial charge is 0.482 e. The van der Waals surface area contributed by atoms with E-state index in [0.29, 0.717) is 23.9 Å². The van der Waals surface area contributed by atoms with E-state index in [1.54, 1.807) is 24.7 Å². The van der Waals surface area contributed by atoms with Gasteiger partial charge < -0.3 is 14.6 Å². The summed E-state index contributed by atoms with van der Waals surface area (Å²) in [5, 5.41) is 3.36. The Morgan fingerprint density at radius 1 is 1.12 bits per heavy atom. The maximum Gasteiger partial charge on any atom is 0.258 e. The smallest absolute Gasteiger partial charge is 0.258 e. The number of carbonyl (C=O) groups is 1. The van der Waals surface area contributed by atoms with E-state index in [1.165, 1.54) is 0 Å². The van der Waals surface area contributed by atoms with Gasteiger partial charge in [0.25, 0.3) is 5.91 Å². The van der Waals surface area contributed by atoms with Gasteiger partial charge >= 0.3 is 0 Å². The van der Waals surface area contributed by atoms with Crippen LogP contribution in [0, 0.1) is 0 Å². The van der Waals surface area contributed by atoms with Crippen LogP contribution in [0.2, 0.25) is 5.02 Å². The minimum atomic E-state index is -0.197. The second-order valence-corrected chi connectivity index (χ2v) is 5.91. The molecule has 0 saturated carbocycles. The molecule has 25 heavy (non-hydrogen) atoms. The summed E-state index contributed by atoms with van der Waals surface area (Å²) in [6, 6.07) is 15.1. The average Bonchev–Trinajstić information content (AvgIpc) is 3.13. The van der Waals surface area contributed by atoms with Crippen LogP contribution in [0.15, 0.2) is 67.3 Å². The van der Waals surface area contributed by atoms with Crippen LogP contribution in [0.4, 0.5) is 0 Å². The Labute approximate surface area is 151 Å². The first-order valence-corrected chi connectivity index (χ1v) is 8.27. The van der Waals surface area contributed by atoms with Gasteiger partial charge in [-0.25, -0.2) is 4.98 Å². The maximum absolute atomic E-state index is 12.0. The highest BCUT2D eigenvalue weighted by atomic mass is 35.5. The summed E-state index contributed by atoms with van der Waals surface area (Å²) in [6.45, 7) is 1.07. The monoisotopic (exact) mass is 355 g/mol. The van der Waals surface area contributed by atoms with E-state index in [9.17, 15) is 4.79 Å². The zero-order valence-electron chi connectivity index (χ0n) is 13.6. The number of hydrogen-bond acceptors (Lipinski definition) is 3. The van der Waals surface area contributed by atoms with Gasteiger partial charge in [0.15, 0.2) is 6.61 Å². The van der Waals surface area contributed by atoms with Crippen molar-refractivity contribution in [3.05, 3.63) is 83.4 Å². The van der Waals surface area contributed by atoms with Gasteiger partial charge in [-0.3, -0.25) is 4.79 Å². The molecular weight excluding hydrogens is 338 g/mol. The number of nitrogens with one attached hydrogen (secondary N) is 1. The summed E-state index contributed by atoms with van der Waals surface area (Å²) in [7, 11) is 0. The van der Waals surface area contributed by atoms with E-state index >= 15 is 0 Å². The van der Waals surface area contributed by atoms with Crippen molar-refractivity contribution in [3.8, 4) is 5.75 Å². The number of ether oxygens (including phenoxy) is 1. The van der Waals surface area contributed by atoms with Gasteiger partial charge in [-0.1, -0.05) is 48.0 Å². The van der Waals surface area contributed by atoms with Gasteiger partial charge in [-0.2, -0.15) is 0 Å². The normalized spacial score (nSPS) is 10.4. The standard InChI is InChI=1S/C19H18ClN3O2/c20-17-7-3-4-8-18(17)25-13-19(24)22-11-15-5-1-2-6-16(15)12-23-10-9-21-14-23/h1-10,14H,11-13H2,(H,22,24). The number of imidazole rings is 1. The molecule has 2 aromatic carbocycles. The molecule has 0 aliphatic heterocycles. The van der Waals surface area contributed by atoms with E-state index in [1.807, 2.05) is 47.2 Å². The zero-order valence-corrected chi connectivity index (χ0v) is 14.3. The van der Waals surface area contributed by atoms with Crippen LogP contribution in [0.3, 0.4) is 0 Å². The molecule has 0 spiro atoms. The van der Waals surface area contributed by atoms with Crippen LogP contribution in [-0.2, 0) is 17.9 Å². The van der Waals surface area contributed by atoms with Crippen molar-refractivity contribution >= 4 is 17.5 Å². The van der Waals surface area contributed by atoms with Crippen LogP contribution in [-0.4, -0.2) is 22.1 Å². The molecule has 1 N–H and O–H groups in total. The highest BCUT2D eigenvalue weighted by Crippen LogP contribution is 2.22. The molecule has 0 aliphatic rings. The Morgan fingerprint density at radius 2 is 1.88 bits per heavy atom. The quantitative estimate of drug-likeness (QED) is 0.707. The predicted molar refractivity (Wildman–Crippen MR) is 96.6 cm³/mol. The Balaban J connectivity index is 1.54. The summed E-state index contributed by atoms with van der Waals surface area (Å²) in [4.78, 5) is 16.1. The first-order chi connectivity index (χ1) is 12.2. The molecule has 0 radical (unpaired) electrons. The molecule has 1 heterocycles. The Morgan fingerprint density at radius 3 is 2.64 bits per heavy atom. The molecular formula is C19H18ClN3O2. The molecule has 0 fully saturated rings. The van der Waals surface area contributed by atoms with Crippen LogP contribution in [0.5, 0.6) is 5.75 Å². The van der Waals surface area contributed by atoms with Crippen LogP contribution in [0.25, 0.3) is 0 Å². The number of hydrogen-bond donors (Lipinski definition) is 1. The molecule has 0 saturated heterocycles. The fourth-order valence-corrected chi connectivity index (χ4v) is 2.60. The first kappa shape index (κ1) is 17.0. The van der Waals surface area contributed by atoms with Crippen LogP contribution in [0.1, 0.15) is 11.1 Å². The van der Waals surface area contributed by atoms with Crippen molar-refractivity contribution in [1.82, 2.24) is 14.9 Å². The zero-order chi connectivity index (χ0) is 17.5. The van der Waals surface area contributed by atoms with Crippen LogP contribution >= 0.6 is 11.6 Å². The Bertz CT molecular complexity index is 834. The Kier molecular flexibility index (Phi) is 5.69. The third-order valence-corrected chi connectivity index (χ3v) is 4.01. The third kappa shape index (κ3) is 4.84. The highest BCUT2D eigenvalue weighted by molar-refractivity contribution is 6.32. The minimum absolute atomic E-state index is 0.0760. The van der Waals surface area contributed by atoms with Gasteiger partial charge in [-0.15, -0.1) is 0 Å². The molecule has 0 atom stereocenters.